The van der Waals surface area contributed by atoms with Crippen molar-refractivity contribution in [3.63, 3.8) is 0 Å². The van der Waals surface area contributed by atoms with Crippen molar-refractivity contribution < 1.29 is 24.2 Å². The molecular formula is C20H13N3O5S. The quantitative estimate of drug-likeness (QED) is 0.319. The van der Waals surface area contributed by atoms with Gasteiger partial charge in [-0.15, -0.1) is 0 Å². The maximum absolute atomic E-state index is 11.2. The van der Waals surface area contributed by atoms with E-state index in [0.717, 1.165) is 16.3 Å². The molecule has 0 aliphatic carbocycles. The van der Waals surface area contributed by atoms with Gasteiger partial charge in [0.1, 0.15) is 11.5 Å². The molecule has 4 rings (SSSR count). The summed E-state index contributed by atoms with van der Waals surface area (Å²) >= 11 is 1.47. The van der Waals surface area contributed by atoms with Crippen LogP contribution in [0, 0.1) is 0 Å². The first-order valence-corrected chi connectivity index (χ1v) is 9.18. The molecule has 0 aliphatic heterocycles. The number of aromatic carboxylic acids is 2. The van der Waals surface area contributed by atoms with Crippen LogP contribution in [0.3, 0.4) is 0 Å². The number of thiazole rings is 1. The Kier molecular flexibility index (Phi) is 4.80. The fraction of sp³-hybridized carbons (Fsp3) is 0. The van der Waals surface area contributed by atoms with E-state index >= 15 is 0 Å². The fourth-order valence-electron chi connectivity index (χ4n) is 2.67. The van der Waals surface area contributed by atoms with Gasteiger partial charge in [-0.1, -0.05) is 23.5 Å². The Morgan fingerprint density at radius 1 is 1.03 bits per heavy atom. The number of furan rings is 1. The fourth-order valence-corrected chi connectivity index (χ4v) is 3.48. The second-order valence-corrected chi connectivity index (χ2v) is 7.00. The number of nitrogens with one attached hydrogen (secondary N) is 1. The monoisotopic (exact) mass is 407 g/mol. The average molecular weight is 407 g/mol. The number of fused-ring (bicyclic) bond motifs is 1. The summed E-state index contributed by atoms with van der Waals surface area (Å²) in [6, 6.07) is 14.8. The number of para-hydroxylation sites is 1. The molecule has 0 fully saturated rings. The molecule has 4 aromatic rings. The minimum Gasteiger partial charge on any atom is -0.478 e. The molecule has 0 aliphatic rings. The molecule has 3 N–H and O–H groups in total. The second kappa shape index (κ2) is 7.56. The Morgan fingerprint density at radius 3 is 2.45 bits per heavy atom. The van der Waals surface area contributed by atoms with E-state index in [9.17, 15) is 19.8 Å². The average Bonchev–Trinajstić information content (AvgIpc) is 3.34. The van der Waals surface area contributed by atoms with Crippen molar-refractivity contribution in [2.24, 2.45) is 5.10 Å². The number of anilines is 1. The van der Waals surface area contributed by atoms with Gasteiger partial charge in [0.05, 0.1) is 27.6 Å². The van der Waals surface area contributed by atoms with E-state index in [1.54, 1.807) is 12.1 Å². The smallest absolute Gasteiger partial charge is 0.335 e. The Balaban J connectivity index is 1.54. The van der Waals surface area contributed by atoms with E-state index in [0.29, 0.717) is 22.2 Å². The third kappa shape index (κ3) is 3.99. The lowest BCUT2D eigenvalue weighted by molar-refractivity contribution is 0.0696. The SMILES string of the molecule is O=C(O)c1cc(C(=O)O)cc(-c2ccc(C=NNc3nc4ccccc4s3)o2)c1. The first-order valence-electron chi connectivity index (χ1n) is 8.36. The van der Waals surface area contributed by atoms with Crippen LogP contribution in [0.15, 0.2) is 64.1 Å². The maximum atomic E-state index is 11.2. The number of nitrogens with zero attached hydrogens (tertiary/aromatic N) is 2. The van der Waals surface area contributed by atoms with Gasteiger partial charge in [-0.3, -0.25) is 5.43 Å². The molecule has 2 aromatic heterocycles. The summed E-state index contributed by atoms with van der Waals surface area (Å²) < 4.78 is 6.68. The standard InChI is InChI=1S/C20H13N3O5S/c24-18(25)12-7-11(8-13(9-12)19(26)27)16-6-5-14(28-16)10-21-23-20-22-15-3-1-2-4-17(15)29-20/h1-10H,(H,22,23)(H,24,25)(H,26,27). The Labute approximate surface area is 167 Å². The number of hydrogen-bond donors (Lipinski definition) is 3. The van der Waals surface area contributed by atoms with E-state index in [4.69, 9.17) is 4.42 Å². The van der Waals surface area contributed by atoms with Crippen LogP contribution >= 0.6 is 11.3 Å². The van der Waals surface area contributed by atoms with E-state index in [2.05, 4.69) is 15.5 Å². The zero-order chi connectivity index (χ0) is 20.4. The van der Waals surface area contributed by atoms with Gasteiger partial charge in [0, 0.05) is 5.56 Å². The van der Waals surface area contributed by atoms with Crippen LogP contribution in [0.1, 0.15) is 26.5 Å². The lowest BCUT2D eigenvalue weighted by Gasteiger charge is -2.03. The van der Waals surface area contributed by atoms with Gasteiger partial charge >= 0.3 is 11.9 Å². The van der Waals surface area contributed by atoms with Crippen LogP contribution in [0.4, 0.5) is 5.13 Å². The third-order valence-electron chi connectivity index (χ3n) is 3.98. The molecule has 0 saturated heterocycles. The van der Waals surface area contributed by atoms with Crippen molar-refractivity contribution in [3.05, 3.63) is 71.5 Å². The molecule has 0 bridgehead atoms. The van der Waals surface area contributed by atoms with E-state index in [1.165, 1.54) is 29.7 Å². The van der Waals surface area contributed by atoms with Crippen LogP contribution in [-0.4, -0.2) is 33.4 Å². The summed E-state index contributed by atoms with van der Waals surface area (Å²) in [7, 11) is 0. The summed E-state index contributed by atoms with van der Waals surface area (Å²) in [5, 5.41) is 23.1. The van der Waals surface area contributed by atoms with Crippen molar-refractivity contribution in [1.82, 2.24) is 4.98 Å². The van der Waals surface area contributed by atoms with Crippen molar-refractivity contribution >= 4 is 44.8 Å². The minimum absolute atomic E-state index is 0.135. The largest absolute Gasteiger partial charge is 0.478 e. The third-order valence-corrected chi connectivity index (χ3v) is 4.93. The first kappa shape index (κ1) is 18.4. The van der Waals surface area contributed by atoms with E-state index in [-0.39, 0.29) is 11.1 Å². The predicted octanol–water partition coefficient (Wildman–Crippen LogP) is 4.40. The van der Waals surface area contributed by atoms with Gasteiger partial charge in [0.25, 0.3) is 0 Å². The highest BCUT2D eigenvalue weighted by molar-refractivity contribution is 7.22. The molecule has 2 heterocycles. The molecule has 0 spiro atoms. The second-order valence-electron chi connectivity index (χ2n) is 5.97. The summed E-state index contributed by atoms with van der Waals surface area (Å²) in [5.41, 5.74) is 3.80. The van der Waals surface area contributed by atoms with Gasteiger partial charge in [-0.2, -0.15) is 5.10 Å². The molecular weight excluding hydrogens is 394 g/mol. The van der Waals surface area contributed by atoms with Gasteiger partial charge < -0.3 is 14.6 Å². The van der Waals surface area contributed by atoms with Gasteiger partial charge in [0.15, 0.2) is 0 Å². The number of aromatic nitrogens is 1. The summed E-state index contributed by atoms with van der Waals surface area (Å²) in [6.07, 6.45) is 1.45. The number of hydrazone groups is 1. The van der Waals surface area contributed by atoms with Crippen molar-refractivity contribution in [2.75, 3.05) is 5.43 Å². The molecule has 29 heavy (non-hydrogen) atoms. The number of rotatable bonds is 6. The molecule has 0 unspecified atom stereocenters. The number of carboxylic acid groups (broad SMARTS) is 2. The molecule has 0 saturated carbocycles. The number of hydrogen-bond acceptors (Lipinski definition) is 7. The molecule has 0 amide bonds. The normalized spacial score (nSPS) is 11.2. The van der Waals surface area contributed by atoms with Gasteiger partial charge in [0.2, 0.25) is 5.13 Å². The zero-order valence-electron chi connectivity index (χ0n) is 14.7. The summed E-state index contributed by atoms with van der Waals surface area (Å²) in [5.74, 6) is -1.70. The maximum Gasteiger partial charge on any atom is 0.335 e. The number of benzene rings is 2. The van der Waals surface area contributed by atoms with Crippen molar-refractivity contribution in [1.29, 1.82) is 0 Å². The number of carbonyl (C=O) groups is 2. The highest BCUT2D eigenvalue weighted by Crippen LogP contribution is 2.26. The Bertz CT molecular complexity index is 1190. The predicted molar refractivity (Wildman–Crippen MR) is 109 cm³/mol. The van der Waals surface area contributed by atoms with Crippen LogP contribution in [-0.2, 0) is 0 Å². The van der Waals surface area contributed by atoms with Crippen molar-refractivity contribution in [2.45, 2.75) is 0 Å². The van der Waals surface area contributed by atoms with Gasteiger partial charge in [-0.25, -0.2) is 14.6 Å². The van der Waals surface area contributed by atoms with Gasteiger partial charge in [-0.05, 0) is 42.5 Å². The molecule has 0 radical (unpaired) electrons. The molecule has 2 aromatic carbocycles. The first-order chi connectivity index (χ1) is 14.0. The van der Waals surface area contributed by atoms with Crippen LogP contribution < -0.4 is 5.43 Å². The molecule has 144 valence electrons. The Morgan fingerprint density at radius 2 is 1.76 bits per heavy atom. The van der Waals surface area contributed by atoms with Crippen LogP contribution in [0.25, 0.3) is 21.5 Å². The lowest BCUT2D eigenvalue weighted by Crippen LogP contribution is -2.02. The summed E-state index contributed by atoms with van der Waals surface area (Å²) in [4.78, 5) is 26.9. The molecule has 8 nitrogen and oxygen atoms in total. The van der Waals surface area contributed by atoms with E-state index < -0.39 is 11.9 Å². The highest BCUT2D eigenvalue weighted by Gasteiger charge is 2.14. The summed E-state index contributed by atoms with van der Waals surface area (Å²) in [6.45, 7) is 0. The van der Waals surface area contributed by atoms with Crippen molar-refractivity contribution in [3.8, 4) is 11.3 Å². The van der Waals surface area contributed by atoms with E-state index in [1.807, 2.05) is 24.3 Å². The molecule has 9 heteroatoms. The number of carboxylic acids is 2. The lowest BCUT2D eigenvalue weighted by atomic mass is 10.0. The topological polar surface area (TPSA) is 125 Å². The van der Waals surface area contributed by atoms with Crippen LogP contribution in [0.5, 0.6) is 0 Å². The van der Waals surface area contributed by atoms with Crippen LogP contribution in [0.2, 0.25) is 0 Å². The molecule has 0 atom stereocenters. The minimum atomic E-state index is -1.22. The highest BCUT2D eigenvalue weighted by atomic mass is 32.1. The Hall–Kier alpha value is -3.98. The zero-order valence-corrected chi connectivity index (χ0v) is 15.5.